The largest absolute Gasteiger partial charge is 0.378 e. The van der Waals surface area contributed by atoms with Crippen molar-refractivity contribution in [2.24, 2.45) is 47.3 Å². The summed E-state index contributed by atoms with van der Waals surface area (Å²) in [6.07, 6.45) is 8.05. The summed E-state index contributed by atoms with van der Waals surface area (Å²) in [5.41, 5.74) is 0. The number of fused-ring (bicyclic) bond motifs is 20. The van der Waals surface area contributed by atoms with Gasteiger partial charge in [0.2, 0.25) is 0 Å². The summed E-state index contributed by atoms with van der Waals surface area (Å²) < 4.78 is 53.9. The van der Waals surface area contributed by atoms with Crippen LogP contribution in [0.15, 0.2) is 0 Å². The van der Waals surface area contributed by atoms with E-state index in [2.05, 4.69) is 97.9 Å². The molecule has 0 radical (unpaired) electrons. The summed E-state index contributed by atoms with van der Waals surface area (Å²) in [6.45, 7) is 22.6. The summed E-state index contributed by atoms with van der Waals surface area (Å²) in [5.74, 6) is 1.35. The van der Waals surface area contributed by atoms with Gasteiger partial charge in [0.1, 0.15) is 0 Å². The maximum atomic E-state index is 6.74. The fraction of sp³-hybridized carbons (Fsp3) is 1.00. The van der Waals surface area contributed by atoms with Crippen molar-refractivity contribution in [3.05, 3.63) is 0 Å². The van der Waals surface area contributed by atoms with E-state index in [1.165, 1.54) is 0 Å². The Labute approximate surface area is 419 Å². The van der Waals surface area contributed by atoms with Gasteiger partial charge in [0, 0.05) is 100 Å². The fourth-order valence-corrected chi connectivity index (χ4v) is 15.3. The van der Waals surface area contributed by atoms with Gasteiger partial charge in [-0.1, -0.05) is 0 Å². The zero-order chi connectivity index (χ0) is 44.5. The molecule has 16 nitrogen and oxygen atoms in total. The second-order valence-corrected chi connectivity index (χ2v) is 20.0. The lowest BCUT2D eigenvalue weighted by molar-refractivity contribution is -0.111. The van der Waals surface area contributed by atoms with Gasteiger partial charge in [-0.25, -0.2) is 0 Å². The molecule has 0 aromatic rings. The Balaban J connectivity index is 0.00000247. The third kappa shape index (κ3) is 11.2. The van der Waals surface area contributed by atoms with Crippen LogP contribution in [0, 0.1) is 47.3 Å². The summed E-state index contributed by atoms with van der Waals surface area (Å²) in [4.78, 5) is 0. The Hall–Kier alpha value is 0.157. The normalized spacial score (nSPS) is 47.6. The molecular weight excluding hydrogens is 916 g/mol. The van der Waals surface area contributed by atoms with Crippen molar-refractivity contribution in [3.63, 3.8) is 0 Å². The SMILES string of the molecule is CCOC1CCC(OCC)C2C3NC(NC4NC(NC5NC(NC6NC(N3)C3C(OCC)CCC(OCC)C63)C3C(OCC)CCC(OCC)C53)C3C(OCC)CCC(OCC)C43)C12.Cl.Cl.[SiH4]. The molecule has 16 atom stereocenters. The first-order valence-electron chi connectivity index (χ1n) is 26.4. The van der Waals surface area contributed by atoms with E-state index in [4.69, 9.17) is 37.9 Å². The Morgan fingerprint density at radius 2 is 0.343 bits per heavy atom. The number of nitrogens with one attached hydrogen (secondary N) is 8. The van der Waals surface area contributed by atoms with Gasteiger partial charge in [-0.05, 0) is 118 Å². The monoisotopic (exact) mass is 1010 g/mol. The topological polar surface area (TPSA) is 170 Å². The van der Waals surface area contributed by atoms with E-state index in [9.17, 15) is 0 Å². The van der Waals surface area contributed by atoms with Gasteiger partial charge < -0.3 is 37.9 Å². The van der Waals surface area contributed by atoms with Crippen molar-refractivity contribution >= 4 is 35.8 Å². The summed E-state index contributed by atoms with van der Waals surface area (Å²) >= 11 is 0. The molecule has 67 heavy (non-hydrogen) atoms. The van der Waals surface area contributed by atoms with Crippen molar-refractivity contribution in [1.82, 2.24) is 42.5 Å². The number of halogens is 2. The van der Waals surface area contributed by atoms with Crippen molar-refractivity contribution in [2.75, 3.05) is 52.9 Å². The number of hydrogen-bond donors (Lipinski definition) is 8. The van der Waals surface area contributed by atoms with Crippen LogP contribution in [0.3, 0.4) is 0 Å². The lowest BCUT2D eigenvalue weighted by Gasteiger charge is -2.45. The molecule has 19 heteroatoms. The third-order valence-corrected chi connectivity index (χ3v) is 17.2. The maximum absolute atomic E-state index is 6.74. The molecule has 9 aliphatic rings. The molecule has 0 aromatic carbocycles. The smallest absolute Gasteiger partial charge is 0.0654 e. The molecule has 5 heterocycles. The van der Waals surface area contributed by atoms with E-state index < -0.39 is 0 Å². The average Bonchev–Trinajstić information content (AvgIpc) is 4.04. The Bertz CT molecular complexity index is 1180. The molecule has 5 saturated heterocycles. The zero-order valence-electron chi connectivity index (χ0n) is 41.3. The van der Waals surface area contributed by atoms with Gasteiger partial charge in [-0.2, -0.15) is 0 Å². The highest BCUT2D eigenvalue weighted by molar-refractivity contribution is 5.85. The lowest BCUT2D eigenvalue weighted by atomic mass is 9.72. The fourth-order valence-electron chi connectivity index (χ4n) is 15.3. The maximum Gasteiger partial charge on any atom is 0.0654 e. The van der Waals surface area contributed by atoms with Crippen LogP contribution in [-0.2, 0) is 37.9 Å². The standard InChI is InChI=1S/C48H88N8O8.2ClH.H4Si/c1-9-57-25-17-18-26(58-10-2)34-33(25)41-49-42(34)54-44-37-29(61-13-5)21-22-30(62-14-6)38(37)46(51-44)56-48-40-32(64-16-8)24-23-31(63-15-7)39(40)47(52-48)55-45-36-28(60-12-4)20-19-27(59-11-3)35(36)43(50-45)53-41;;;/h25-56H,9-24H2,1-8H3;2*1H;1H4. The van der Waals surface area contributed by atoms with Crippen LogP contribution in [-0.4, -0.2) is 162 Å². The van der Waals surface area contributed by atoms with E-state index in [0.717, 1.165) is 51.4 Å². The molecule has 4 saturated carbocycles. The highest BCUT2D eigenvalue weighted by atomic mass is 35.5. The van der Waals surface area contributed by atoms with E-state index in [1.54, 1.807) is 0 Å². The van der Waals surface area contributed by atoms with Crippen LogP contribution in [0.4, 0.5) is 0 Å². The first-order valence-corrected chi connectivity index (χ1v) is 26.4. The molecule has 8 N–H and O–H groups in total. The molecule has 0 aromatic heterocycles. The van der Waals surface area contributed by atoms with Crippen LogP contribution in [0.5, 0.6) is 0 Å². The Kier molecular flexibility index (Phi) is 21.8. The second kappa shape index (κ2) is 25.9. The summed E-state index contributed by atoms with van der Waals surface area (Å²) in [5, 5.41) is 34.2. The van der Waals surface area contributed by atoms with Gasteiger partial charge in [-0.15, -0.1) is 24.8 Å². The van der Waals surface area contributed by atoms with Crippen molar-refractivity contribution < 1.29 is 37.9 Å². The first kappa shape index (κ1) is 56.5. The predicted molar refractivity (Wildman–Crippen MR) is 269 cm³/mol. The first-order chi connectivity index (χ1) is 31.4. The molecule has 392 valence electrons. The van der Waals surface area contributed by atoms with Gasteiger partial charge in [0.25, 0.3) is 0 Å². The summed E-state index contributed by atoms with van der Waals surface area (Å²) in [6, 6.07) is 0. The molecule has 0 spiro atoms. The van der Waals surface area contributed by atoms with E-state index in [0.29, 0.717) is 52.9 Å². The molecule has 4 aliphatic carbocycles. The summed E-state index contributed by atoms with van der Waals surface area (Å²) in [7, 11) is 0. The number of ether oxygens (including phenoxy) is 8. The average molecular weight is 1010 g/mol. The van der Waals surface area contributed by atoms with Crippen LogP contribution >= 0.6 is 24.8 Å². The highest BCUT2D eigenvalue weighted by Gasteiger charge is 2.62. The van der Waals surface area contributed by atoms with Crippen LogP contribution in [0.25, 0.3) is 0 Å². The molecular formula is C48H94Cl2N8O8Si. The quantitative estimate of drug-likeness (QED) is 0.106. The van der Waals surface area contributed by atoms with Gasteiger partial charge in [-0.3, -0.25) is 42.5 Å². The molecule has 5 aliphatic heterocycles. The van der Waals surface area contributed by atoms with Crippen molar-refractivity contribution in [1.29, 1.82) is 0 Å². The minimum atomic E-state index is -0.0517. The lowest BCUT2D eigenvalue weighted by Crippen LogP contribution is -2.62. The molecule has 9 fully saturated rings. The van der Waals surface area contributed by atoms with Crippen LogP contribution < -0.4 is 42.5 Å². The van der Waals surface area contributed by atoms with Gasteiger partial charge in [0.15, 0.2) is 0 Å². The molecule has 8 bridgehead atoms. The Morgan fingerprint density at radius 3 is 0.433 bits per heavy atom. The van der Waals surface area contributed by atoms with E-state index in [-0.39, 0.29) is 181 Å². The van der Waals surface area contributed by atoms with Crippen molar-refractivity contribution in [2.45, 2.75) is 205 Å². The highest BCUT2D eigenvalue weighted by Crippen LogP contribution is 2.49. The van der Waals surface area contributed by atoms with Gasteiger partial charge in [0.05, 0.1) is 98.2 Å². The van der Waals surface area contributed by atoms with Gasteiger partial charge >= 0.3 is 0 Å². The van der Waals surface area contributed by atoms with Crippen LogP contribution in [0.1, 0.15) is 107 Å². The number of hydrogen-bond acceptors (Lipinski definition) is 16. The molecule has 9 rings (SSSR count). The van der Waals surface area contributed by atoms with E-state index >= 15 is 0 Å². The van der Waals surface area contributed by atoms with Crippen LogP contribution in [0.2, 0.25) is 0 Å². The van der Waals surface area contributed by atoms with Crippen molar-refractivity contribution in [3.8, 4) is 0 Å². The minimum Gasteiger partial charge on any atom is -0.378 e. The Morgan fingerprint density at radius 1 is 0.239 bits per heavy atom. The third-order valence-electron chi connectivity index (χ3n) is 17.2. The number of rotatable bonds is 16. The zero-order valence-corrected chi connectivity index (χ0v) is 42.9. The molecule has 16 unspecified atom stereocenters. The predicted octanol–water partition coefficient (Wildman–Crippen LogP) is 2.12. The molecule has 0 amide bonds. The second-order valence-electron chi connectivity index (χ2n) is 20.0. The van der Waals surface area contributed by atoms with E-state index in [1.807, 2.05) is 0 Å². The minimum absolute atomic E-state index is 0.